The van der Waals surface area contributed by atoms with Crippen molar-refractivity contribution >= 4 is 27.2 Å². The number of alkyl halides is 3. The highest BCUT2D eigenvalue weighted by Gasteiger charge is 2.42. The van der Waals surface area contributed by atoms with Crippen LogP contribution in [0.4, 0.5) is 13.2 Å². The summed E-state index contributed by atoms with van der Waals surface area (Å²) in [5.74, 6) is -1.79. The average molecular weight is 362 g/mol. The Bertz CT molecular complexity index is 928. The summed E-state index contributed by atoms with van der Waals surface area (Å²) in [6.45, 7) is 6.21. The first-order chi connectivity index (χ1) is 11.6. The lowest BCUT2D eigenvalue weighted by Gasteiger charge is -2.19. The van der Waals surface area contributed by atoms with Gasteiger partial charge in [0.05, 0.1) is 4.88 Å². The summed E-state index contributed by atoms with van der Waals surface area (Å²) < 4.78 is 39.8. The largest absolute Gasteiger partial charge is 0.455 e. The number of carbonyl (C=O) groups is 1. The number of benzene rings is 2. The number of rotatable bonds is 2. The molecular formula is C20H17F3OS. The van der Waals surface area contributed by atoms with E-state index >= 15 is 0 Å². The zero-order chi connectivity index (χ0) is 18.4. The van der Waals surface area contributed by atoms with Crippen LogP contribution in [0.3, 0.4) is 0 Å². The summed E-state index contributed by atoms with van der Waals surface area (Å²) in [5.41, 5.74) is 2.01. The molecule has 0 saturated heterocycles. The molecule has 0 spiro atoms. The normalized spacial score (nSPS) is 12.6. The van der Waals surface area contributed by atoms with Gasteiger partial charge in [-0.3, -0.25) is 4.79 Å². The topological polar surface area (TPSA) is 17.1 Å². The van der Waals surface area contributed by atoms with Crippen molar-refractivity contribution in [2.45, 2.75) is 32.4 Å². The molecule has 0 atom stereocenters. The number of carbonyl (C=O) groups excluding carboxylic acids is 1. The highest BCUT2D eigenvalue weighted by atomic mass is 32.1. The Kier molecular flexibility index (Phi) is 4.23. The fourth-order valence-corrected chi connectivity index (χ4v) is 3.94. The lowest BCUT2D eigenvalue weighted by atomic mass is 9.86. The van der Waals surface area contributed by atoms with Gasteiger partial charge in [0.15, 0.2) is 0 Å². The van der Waals surface area contributed by atoms with Crippen molar-refractivity contribution in [2.24, 2.45) is 0 Å². The molecule has 3 rings (SSSR count). The van der Waals surface area contributed by atoms with Gasteiger partial charge in [-0.25, -0.2) is 0 Å². The maximum absolute atomic E-state index is 13.0. The van der Waals surface area contributed by atoms with E-state index in [1.807, 2.05) is 12.1 Å². The monoisotopic (exact) mass is 362 g/mol. The van der Waals surface area contributed by atoms with Crippen LogP contribution in [0.1, 0.15) is 36.0 Å². The van der Waals surface area contributed by atoms with Crippen molar-refractivity contribution in [1.29, 1.82) is 0 Å². The van der Waals surface area contributed by atoms with Crippen LogP contribution < -0.4 is 0 Å². The van der Waals surface area contributed by atoms with E-state index in [1.165, 1.54) is 0 Å². The molecule has 0 aliphatic carbocycles. The summed E-state index contributed by atoms with van der Waals surface area (Å²) in [4.78, 5) is 11.7. The van der Waals surface area contributed by atoms with Gasteiger partial charge in [-0.05, 0) is 22.6 Å². The fourth-order valence-electron chi connectivity index (χ4n) is 2.76. The molecule has 0 bridgehead atoms. The second-order valence-corrected chi connectivity index (χ2v) is 8.01. The zero-order valence-electron chi connectivity index (χ0n) is 14.1. The minimum absolute atomic E-state index is 0.0557. The van der Waals surface area contributed by atoms with E-state index in [9.17, 15) is 18.0 Å². The number of fused-ring (bicyclic) bond motifs is 1. The smallest absolute Gasteiger partial charge is 0.283 e. The Morgan fingerprint density at radius 1 is 0.920 bits per heavy atom. The van der Waals surface area contributed by atoms with Gasteiger partial charge < -0.3 is 0 Å². The maximum atomic E-state index is 13.0. The Balaban J connectivity index is 2.22. The van der Waals surface area contributed by atoms with Gasteiger partial charge in [-0.15, -0.1) is 11.3 Å². The van der Waals surface area contributed by atoms with Crippen LogP contribution in [0, 0.1) is 0 Å². The van der Waals surface area contributed by atoms with Crippen LogP contribution in [0.5, 0.6) is 0 Å². The second kappa shape index (κ2) is 5.99. The predicted octanol–water partition coefficient (Wildman–Crippen LogP) is 6.61. The molecule has 5 heteroatoms. The van der Waals surface area contributed by atoms with Crippen molar-refractivity contribution in [2.75, 3.05) is 0 Å². The third-order valence-electron chi connectivity index (χ3n) is 4.10. The average Bonchev–Trinajstić information content (AvgIpc) is 2.91. The van der Waals surface area contributed by atoms with Crippen LogP contribution in [0.2, 0.25) is 0 Å². The van der Waals surface area contributed by atoms with E-state index in [-0.39, 0.29) is 10.3 Å². The molecule has 1 heterocycles. The van der Waals surface area contributed by atoms with Crippen molar-refractivity contribution < 1.29 is 18.0 Å². The summed E-state index contributed by atoms with van der Waals surface area (Å²) in [7, 11) is 0. The Labute approximate surface area is 148 Å². The first-order valence-corrected chi connectivity index (χ1v) is 8.64. The van der Waals surface area contributed by atoms with E-state index in [1.54, 1.807) is 36.4 Å². The standard InChI is InChI=1S/C20H17F3OS/c1-19(2,3)13-10-8-12(9-11-13)16-14-6-4-5-7-15(14)25-17(16)18(24)20(21,22)23/h4-11H,1-3H3. The van der Waals surface area contributed by atoms with Crippen molar-refractivity contribution in [3.05, 3.63) is 59.0 Å². The van der Waals surface area contributed by atoms with Gasteiger partial charge >= 0.3 is 6.18 Å². The lowest BCUT2D eigenvalue weighted by molar-refractivity contribution is -0.0882. The minimum Gasteiger partial charge on any atom is -0.283 e. The first kappa shape index (κ1) is 17.7. The molecule has 0 amide bonds. The third-order valence-corrected chi connectivity index (χ3v) is 5.27. The van der Waals surface area contributed by atoms with Gasteiger partial charge in [0.25, 0.3) is 5.78 Å². The van der Waals surface area contributed by atoms with Gasteiger partial charge in [0.2, 0.25) is 0 Å². The Morgan fingerprint density at radius 2 is 1.52 bits per heavy atom. The van der Waals surface area contributed by atoms with Gasteiger partial charge in [0, 0.05) is 15.6 Å². The summed E-state index contributed by atoms with van der Waals surface area (Å²) in [5, 5.41) is 0.670. The number of Topliss-reactive ketones (excluding diaryl/α,β-unsaturated/α-hetero) is 1. The molecule has 1 aromatic heterocycles. The Hall–Kier alpha value is -2.14. The number of thiophene rings is 1. The second-order valence-electron chi connectivity index (χ2n) is 6.96. The van der Waals surface area contributed by atoms with Crippen LogP contribution in [-0.2, 0) is 5.41 Å². The zero-order valence-corrected chi connectivity index (χ0v) is 14.9. The molecule has 2 aromatic carbocycles. The number of hydrogen-bond donors (Lipinski definition) is 0. The minimum atomic E-state index is -4.89. The number of hydrogen-bond acceptors (Lipinski definition) is 2. The molecule has 0 radical (unpaired) electrons. The maximum Gasteiger partial charge on any atom is 0.455 e. The Morgan fingerprint density at radius 3 is 2.08 bits per heavy atom. The van der Waals surface area contributed by atoms with E-state index in [4.69, 9.17) is 0 Å². The summed E-state index contributed by atoms with van der Waals surface area (Å²) in [6.07, 6.45) is -4.89. The number of halogens is 3. The van der Waals surface area contributed by atoms with Gasteiger partial charge in [0.1, 0.15) is 0 Å². The molecule has 0 saturated carbocycles. The van der Waals surface area contributed by atoms with Crippen LogP contribution in [0.15, 0.2) is 48.5 Å². The SMILES string of the molecule is CC(C)(C)c1ccc(-c2c(C(=O)C(F)(F)F)sc3ccccc23)cc1. The highest BCUT2D eigenvalue weighted by molar-refractivity contribution is 7.21. The summed E-state index contributed by atoms with van der Waals surface area (Å²) in [6, 6.07) is 14.4. The predicted molar refractivity (Wildman–Crippen MR) is 96.3 cm³/mol. The van der Waals surface area contributed by atoms with Gasteiger partial charge in [-0.2, -0.15) is 13.2 Å². The molecule has 0 aliphatic rings. The molecule has 0 N–H and O–H groups in total. The molecule has 1 nitrogen and oxygen atoms in total. The lowest BCUT2D eigenvalue weighted by Crippen LogP contribution is -2.22. The van der Waals surface area contributed by atoms with Crippen molar-refractivity contribution in [1.82, 2.24) is 0 Å². The van der Waals surface area contributed by atoms with E-state index < -0.39 is 12.0 Å². The first-order valence-electron chi connectivity index (χ1n) is 7.83. The van der Waals surface area contributed by atoms with Crippen LogP contribution >= 0.6 is 11.3 Å². The van der Waals surface area contributed by atoms with Crippen LogP contribution in [0.25, 0.3) is 21.2 Å². The fraction of sp³-hybridized carbons (Fsp3) is 0.250. The molecule has 130 valence electrons. The quantitative estimate of drug-likeness (QED) is 0.469. The molecular weight excluding hydrogens is 345 g/mol. The van der Waals surface area contributed by atoms with E-state index in [0.717, 1.165) is 16.9 Å². The van der Waals surface area contributed by atoms with Crippen LogP contribution in [-0.4, -0.2) is 12.0 Å². The highest BCUT2D eigenvalue weighted by Crippen LogP contribution is 2.41. The van der Waals surface area contributed by atoms with Crippen molar-refractivity contribution in [3.63, 3.8) is 0 Å². The van der Waals surface area contributed by atoms with Crippen molar-refractivity contribution in [3.8, 4) is 11.1 Å². The molecule has 3 aromatic rings. The third kappa shape index (κ3) is 3.33. The molecule has 0 aliphatic heterocycles. The summed E-state index contributed by atoms with van der Waals surface area (Å²) >= 11 is 0.894. The molecule has 0 unspecified atom stereocenters. The molecule has 25 heavy (non-hydrogen) atoms. The van der Waals surface area contributed by atoms with E-state index in [2.05, 4.69) is 20.8 Å². The number of ketones is 1. The van der Waals surface area contributed by atoms with E-state index in [0.29, 0.717) is 21.2 Å². The van der Waals surface area contributed by atoms with Gasteiger partial charge in [-0.1, -0.05) is 63.2 Å². The molecule has 0 fully saturated rings.